The Bertz CT molecular complexity index is 382. The van der Waals surface area contributed by atoms with E-state index in [9.17, 15) is 0 Å². The Labute approximate surface area is 110 Å². The summed E-state index contributed by atoms with van der Waals surface area (Å²) in [5.41, 5.74) is 2.22. The molecule has 1 rings (SSSR count). The highest BCUT2D eigenvalue weighted by atomic mass is 35.5. The van der Waals surface area contributed by atoms with E-state index in [2.05, 4.69) is 26.8 Å². The van der Waals surface area contributed by atoms with Gasteiger partial charge in [-0.3, -0.25) is 4.90 Å². The van der Waals surface area contributed by atoms with Crippen LogP contribution in [0.25, 0.3) is 0 Å². The molecule has 0 saturated heterocycles. The Morgan fingerprint density at radius 2 is 1.82 bits per heavy atom. The first-order valence-electron chi connectivity index (χ1n) is 5.76. The standard InChI is InChI=1S/C14H22ClNO/c1-14(2,3)11-9-10(13(15)16(4)5)7-8-12(11)17-6/h7-9,13H,1-6H3. The van der Waals surface area contributed by atoms with E-state index in [0.717, 1.165) is 11.3 Å². The van der Waals surface area contributed by atoms with E-state index in [1.807, 2.05) is 31.1 Å². The Morgan fingerprint density at radius 1 is 1.24 bits per heavy atom. The monoisotopic (exact) mass is 255 g/mol. The summed E-state index contributed by atoms with van der Waals surface area (Å²) in [6.07, 6.45) is 0. The predicted molar refractivity (Wildman–Crippen MR) is 74.0 cm³/mol. The minimum Gasteiger partial charge on any atom is -0.496 e. The topological polar surface area (TPSA) is 12.5 Å². The average Bonchev–Trinajstić information content (AvgIpc) is 2.25. The first-order chi connectivity index (χ1) is 7.77. The fourth-order valence-corrected chi connectivity index (χ4v) is 1.89. The van der Waals surface area contributed by atoms with Gasteiger partial charge in [-0.2, -0.15) is 0 Å². The first kappa shape index (κ1) is 14.3. The third kappa shape index (κ3) is 3.36. The highest BCUT2D eigenvalue weighted by molar-refractivity contribution is 6.20. The molecule has 2 nitrogen and oxygen atoms in total. The summed E-state index contributed by atoms with van der Waals surface area (Å²) in [7, 11) is 5.64. The summed E-state index contributed by atoms with van der Waals surface area (Å²) in [6, 6.07) is 6.15. The molecule has 0 saturated carbocycles. The quantitative estimate of drug-likeness (QED) is 0.602. The molecule has 0 aromatic heterocycles. The van der Waals surface area contributed by atoms with E-state index < -0.39 is 0 Å². The maximum Gasteiger partial charge on any atom is 0.122 e. The highest BCUT2D eigenvalue weighted by Gasteiger charge is 2.21. The second-order valence-corrected chi connectivity index (χ2v) is 5.92. The van der Waals surface area contributed by atoms with Crippen LogP contribution in [0, 0.1) is 0 Å². The van der Waals surface area contributed by atoms with E-state index >= 15 is 0 Å². The fraction of sp³-hybridized carbons (Fsp3) is 0.571. The van der Waals surface area contributed by atoms with Crippen LogP contribution in [-0.2, 0) is 5.41 Å². The lowest BCUT2D eigenvalue weighted by Gasteiger charge is -2.25. The van der Waals surface area contributed by atoms with E-state index in [1.165, 1.54) is 5.56 Å². The zero-order valence-electron chi connectivity index (χ0n) is 11.5. The van der Waals surface area contributed by atoms with Gasteiger partial charge in [-0.1, -0.05) is 26.8 Å². The molecular formula is C14H22ClNO. The number of ether oxygens (including phenoxy) is 1. The number of halogens is 1. The zero-order valence-corrected chi connectivity index (χ0v) is 12.3. The number of methoxy groups -OCH3 is 1. The zero-order chi connectivity index (χ0) is 13.2. The van der Waals surface area contributed by atoms with Gasteiger partial charge in [0.15, 0.2) is 0 Å². The minimum absolute atomic E-state index is 0.0459. The number of rotatable bonds is 3. The first-order valence-corrected chi connectivity index (χ1v) is 6.20. The summed E-state index contributed by atoms with van der Waals surface area (Å²) in [5.74, 6) is 0.920. The fourth-order valence-electron chi connectivity index (χ4n) is 1.76. The molecule has 1 aromatic rings. The van der Waals surface area contributed by atoms with E-state index in [4.69, 9.17) is 16.3 Å². The smallest absolute Gasteiger partial charge is 0.122 e. The second kappa shape index (κ2) is 5.28. The van der Waals surface area contributed by atoms with Gasteiger partial charge >= 0.3 is 0 Å². The lowest BCUT2D eigenvalue weighted by atomic mass is 9.85. The Morgan fingerprint density at radius 3 is 2.24 bits per heavy atom. The molecular weight excluding hydrogens is 234 g/mol. The summed E-state index contributed by atoms with van der Waals surface area (Å²) in [6.45, 7) is 6.52. The van der Waals surface area contributed by atoms with Crippen LogP contribution >= 0.6 is 11.6 Å². The van der Waals surface area contributed by atoms with Gasteiger partial charge < -0.3 is 4.74 Å². The van der Waals surface area contributed by atoms with Crippen LogP contribution in [-0.4, -0.2) is 26.1 Å². The second-order valence-electron chi connectivity index (χ2n) is 5.51. The van der Waals surface area contributed by atoms with Gasteiger partial charge in [0.1, 0.15) is 11.3 Å². The third-order valence-electron chi connectivity index (χ3n) is 2.76. The molecule has 0 N–H and O–H groups in total. The molecule has 0 spiro atoms. The van der Waals surface area contributed by atoms with Gasteiger partial charge in [-0.15, -0.1) is 11.6 Å². The van der Waals surface area contributed by atoms with Crippen molar-refractivity contribution < 1.29 is 4.74 Å². The van der Waals surface area contributed by atoms with Crippen molar-refractivity contribution in [3.05, 3.63) is 29.3 Å². The Balaban J connectivity index is 3.23. The van der Waals surface area contributed by atoms with Gasteiger partial charge in [0.05, 0.1) is 7.11 Å². The molecule has 0 fully saturated rings. The van der Waals surface area contributed by atoms with Gasteiger partial charge in [-0.25, -0.2) is 0 Å². The molecule has 0 radical (unpaired) electrons. The molecule has 3 heteroatoms. The normalized spacial score (nSPS) is 13.9. The number of hydrogen-bond acceptors (Lipinski definition) is 2. The average molecular weight is 256 g/mol. The molecule has 0 heterocycles. The van der Waals surface area contributed by atoms with Crippen LogP contribution in [0.1, 0.15) is 37.4 Å². The number of alkyl halides is 1. The summed E-state index contributed by atoms with van der Waals surface area (Å²) in [4.78, 5) is 1.98. The van der Waals surface area contributed by atoms with Crippen LogP contribution in [0.4, 0.5) is 0 Å². The maximum absolute atomic E-state index is 6.34. The van der Waals surface area contributed by atoms with Crippen molar-refractivity contribution >= 4 is 11.6 Å². The van der Waals surface area contributed by atoms with Crippen LogP contribution in [0.5, 0.6) is 5.75 Å². The van der Waals surface area contributed by atoms with Crippen LogP contribution in [0.3, 0.4) is 0 Å². The molecule has 96 valence electrons. The van der Waals surface area contributed by atoms with Gasteiger partial charge in [-0.05, 0) is 42.8 Å². The number of nitrogens with zero attached hydrogens (tertiary/aromatic N) is 1. The molecule has 1 aromatic carbocycles. The maximum atomic E-state index is 6.34. The SMILES string of the molecule is COc1ccc(C(Cl)N(C)C)cc1C(C)(C)C. The minimum atomic E-state index is -0.109. The highest BCUT2D eigenvalue weighted by Crippen LogP contribution is 2.35. The molecule has 1 atom stereocenters. The van der Waals surface area contributed by atoms with Crippen molar-refractivity contribution in [2.75, 3.05) is 21.2 Å². The van der Waals surface area contributed by atoms with E-state index in [0.29, 0.717) is 0 Å². The van der Waals surface area contributed by atoms with Gasteiger partial charge in [0, 0.05) is 0 Å². The van der Waals surface area contributed by atoms with Crippen molar-refractivity contribution in [2.24, 2.45) is 0 Å². The summed E-state index contributed by atoms with van der Waals surface area (Å²) in [5, 5.41) is 0. The Kier molecular flexibility index (Phi) is 4.45. The molecule has 0 aliphatic carbocycles. The van der Waals surface area contributed by atoms with Crippen LogP contribution in [0.2, 0.25) is 0 Å². The molecule has 0 bridgehead atoms. The van der Waals surface area contributed by atoms with E-state index in [-0.39, 0.29) is 10.9 Å². The number of benzene rings is 1. The predicted octanol–water partition coefficient (Wildman–Crippen LogP) is 3.79. The van der Waals surface area contributed by atoms with Crippen molar-refractivity contribution in [3.63, 3.8) is 0 Å². The summed E-state index contributed by atoms with van der Waals surface area (Å²) >= 11 is 6.34. The van der Waals surface area contributed by atoms with Crippen LogP contribution < -0.4 is 4.74 Å². The van der Waals surface area contributed by atoms with Crippen LogP contribution in [0.15, 0.2) is 18.2 Å². The van der Waals surface area contributed by atoms with Crippen molar-refractivity contribution in [1.29, 1.82) is 0 Å². The van der Waals surface area contributed by atoms with E-state index in [1.54, 1.807) is 7.11 Å². The van der Waals surface area contributed by atoms with Gasteiger partial charge in [0.25, 0.3) is 0 Å². The third-order valence-corrected chi connectivity index (χ3v) is 3.40. The molecule has 0 amide bonds. The number of hydrogen-bond donors (Lipinski definition) is 0. The molecule has 1 unspecified atom stereocenters. The lowest BCUT2D eigenvalue weighted by molar-refractivity contribution is 0.379. The van der Waals surface area contributed by atoms with Crippen molar-refractivity contribution in [2.45, 2.75) is 31.7 Å². The van der Waals surface area contributed by atoms with Gasteiger partial charge in [0.2, 0.25) is 0 Å². The molecule has 0 aliphatic heterocycles. The Hall–Kier alpha value is -0.730. The lowest BCUT2D eigenvalue weighted by Crippen LogP contribution is -2.17. The largest absolute Gasteiger partial charge is 0.496 e. The molecule has 17 heavy (non-hydrogen) atoms. The van der Waals surface area contributed by atoms with Crippen molar-refractivity contribution in [3.8, 4) is 5.75 Å². The molecule has 0 aliphatic rings. The summed E-state index contributed by atoms with van der Waals surface area (Å²) < 4.78 is 5.41. The van der Waals surface area contributed by atoms with Crippen molar-refractivity contribution in [1.82, 2.24) is 4.90 Å².